The molecule has 0 saturated carbocycles. The molecule has 0 spiro atoms. The fourth-order valence-electron chi connectivity index (χ4n) is 4.45. The fraction of sp³-hybridized carbons (Fsp3) is 0.478. The van der Waals surface area contributed by atoms with Crippen LogP contribution in [0.1, 0.15) is 37.5 Å². The van der Waals surface area contributed by atoms with Crippen LogP contribution in [0.4, 0.5) is 0 Å². The number of fused-ring (bicyclic) bond motifs is 1. The van der Waals surface area contributed by atoms with Crippen molar-refractivity contribution in [1.82, 2.24) is 19.4 Å². The van der Waals surface area contributed by atoms with Gasteiger partial charge >= 0.3 is 0 Å². The molecule has 160 valence electrons. The van der Waals surface area contributed by atoms with E-state index in [1.807, 2.05) is 37.4 Å². The second kappa shape index (κ2) is 9.27. The minimum absolute atomic E-state index is 0.0729. The van der Waals surface area contributed by atoms with Crippen LogP contribution in [0.15, 0.2) is 48.8 Å². The first kappa shape index (κ1) is 21.0. The number of carbonyl (C=O) groups excluding carboxylic acids is 1. The van der Waals surface area contributed by atoms with E-state index < -0.39 is 0 Å². The van der Waals surface area contributed by atoms with Crippen LogP contribution in [0.25, 0.3) is 11.0 Å². The second-order valence-electron chi connectivity index (χ2n) is 8.02. The minimum Gasteiger partial charge on any atom is -0.381 e. The molecule has 0 radical (unpaired) electrons. The third-order valence-corrected chi connectivity index (χ3v) is 6.79. The summed E-state index contributed by atoms with van der Waals surface area (Å²) in [7, 11) is 2.03. The summed E-state index contributed by atoms with van der Waals surface area (Å²) < 4.78 is 9.90. The molecule has 1 atom stereocenters. The molecule has 30 heavy (non-hydrogen) atoms. The van der Waals surface area contributed by atoms with Crippen LogP contribution < -0.4 is 5.32 Å². The molecule has 0 bridgehead atoms. The van der Waals surface area contributed by atoms with Crippen molar-refractivity contribution in [2.75, 3.05) is 25.2 Å². The summed E-state index contributed by atoms with van der Waals surface area (Å²) >= 11 is 1.79. The lowest BCUT2D eigenvalue weighted by Crippen LogP contribution is -2.44. The third kappa shape index (κ3) is 4.27. The zero-order valence-corrected chi connectivity index (χ0v) is 18.5. The van der Waals surface area contributed by atoms with Gasteiger partial charge in [0.25, 0.3) is 0 Å². The zero-order valence-electron chi connectivity index (χ0n) is 17.7. The molecule has 7 heteroatoms. The van der Waals surface area contributed by atoms with Gasteiger partial charge in [0.15, 0.2) is 0 Å². The standard InChI is InChI=1S/C23H30N4O2S/c1-26-20-8-4-3-7-18(20)25-22(26)19(9-16-30-2)24-21(28)17-23(10-14-29-15-11-23)27-12-5-6-13-27/h3-8,12-13,19H,9-11,14-17H2,1-2H3,(H,24,28)/t19-/m0/s1. The third-order valence-electron chi connectivity index (χ3n) is 6.14. The Balaban J connectivity index is 1.56. The van der Waals surface area contributed by atoms with E-state index >= 15 is 0 Å². The number of hydrogen-bond acceptors (Lipinski definition) is 4. The van der Waals surface area contributed by atoms with Crippen molar-refractivity contribution in [2.45, 2.75) is 37.3 Å². The molecular weight excluding hydrogens is 396 g/mol. The Morgan fingerprint density at radius 1 is 1.23 bits per heavy atom. The Hall–Kier alpha value is -2.25. The van der Waals surface area contributed by atoms with E-state index in [-0.39, 0.29) is 17.5 Å². The predicted molar refractivity (Wildman–Crippen MR) is 122 cm³/mol. The van der Waals surface area contributed by atoms with Crippen LogP contribution in [-0.2, 0) is 22.1 Å². The minimum atomic E-state index is -0.220. The van der Waals surface area contributed by atoms with E-state index in [4.69, 9.17) is 9.72 Å². The number of aromatic nitrogens is 3. The summed E-state index contributed by atoms with van der Waals surface area (Å²) in [4.78, 5) is 18.1. The van der Waals surface area contributed by atoms with Crippen LogP contribution in [0.5, 0.6) is 0 Å². The van der Waals surface area contributed by atoms with E-state index in [0.29, 0.717) is 19.6 Å². The van der Waals surface area contributed by atoms with Gasteiger partial charge < -0.3 is 19.2 Å². The molecule has 3 heterocycles. The van der Waals surface area contributed by atoms with Crippen molar-refractivity contribution >= 4 is 28.7 Å². The van der Waals surface area contributed by atoms with Crippen molar-refractivity contribution in [3.8, 4) is 0 Å². The molecule has 2 aromatic heterocycles. The van der Waals surface area contributed by atoms with Gasteiger partial charge in [-0.1, -0.05) is 12.1 Å². The van der Waals surface area contributed by atoms with Crippen molar-refractivity contribution in [1.29, 1.82) is 0 Å². The number of thioether (sulfide) groups is 1. The Bertz CT molecular complexity index is 976. The summed E-state index contributed by atoms with van der Waals surface area (Å²) in [5.41, 5.74) is 1.83. The lowest BCUT2D eigenvalue weighted by molar-refractivity contribution is -0.125. The van der Waals surface area contributed by atoms with Crippen molar-refractivity contribution in [3.63, 3.8) is 0 Å². The van der Waals surface area contributed by atoms with E-state index in [2.05, 4.69) is 39.2 Å². The van der Waals surface area contributed by atoms with E-state index in [0.717, 1.165) is 41.9 Å². The Kier molecular flexibility index (Phi) is 6.49. The number of para-hydroxylation sites is 2. The van der Waals surface area contributed by atoms with E-state index in [1.165, 1.54) is 0 Å². The second-order valence-corrected chi connectivity index (χ2v) is 9.01. The van der Waals surface area contributed by atoms with Crippen molar-refractivity contribution < 1.29 is 9.53 Å². The fourth-order valence-corrected chi connectivity index (χ4v) is 4.92. The molecule has 3 aromatic rings. The van der Waals surface area contributed by atoms with Gasteiger partial charge in [0.2, 0.25) is 5.91 Å². The van der Waals surface area contributed by atoms with Gasteiger partial charge in [0, 0.05) is 32.7 Å². The average Bonchev–Trinajstić information content (AvgIpc) is 3.41. The molecule has 1 aliphatic rings. The van der Waals surface area contributed by atoms with Gasteiger partial charge in [-0.25, -0.2) is 4.98 Å². The van der Waals surface area contributed by atoms with Crippen LogP contribution in [0.2, 0.25) is 0 Å². The molecule has 1 fully saturated rings. The lowest BCUT2D eigenvalue weighted by Gasteiger charge is -2.38. The van der Waals surface area contributed by atoms with Gasteiger partial charge in [-0.05, 0) is 55.5 Å². The number of ether oxygens (including phenoxy) is 1. The molecule has 1 amide bonds. The van der Waals surface area contributed by atoms with Gasteiger partial charge in [-0.15, -0.1) is 0 Å². The number of nitrogens with zero attached hydrogens (tertiary/aromatic N) is 3. The molecule has 6 nitrogen and oxygen atoms in total. The highest BCUT2D eigenvalue weighted by molar-refractivity contribution is 7.98. The number of rotatable bonds is 8. The normalized spacial score (nSPS) is 17.1. The smallest absolute Gasteiger partial charge is 0.222 e. The summed E-state index contributed by atoms with van der Waals surface area (Å²) in [6, 6.07) is 12.1. The number of nitrogens with one attached hydrogen (secondary N) is 1. The Labute approximate surface area is 182 Å². The van der Waals surface area contributed by atoms with Gasteiger partial charge in [0.1, 0.15) is 5.82 Å². The van der Waals surface area contributed by atoms with Crippen LogP contribution >= 0.6 is 11.8 Å². The molecule has 0 aliphatic carbocycles. The zero-order chi connectivity index (χ0) is 21.0. The largest absolute Gasteiger partial charge is 0.381 e. The van der Waals surface area contributed by atoms with Crippen LogP contribution in [-0.4, -0.2) is 45.2 Å². The highest BCUT2D eigenvalue weighted by Gasteiger charge is 2.36. The number of carbonyl (C=O) groups is 1. The quantitative estimate of drug-likeness (QED) is 0.594. The van der Waals surface area contributed by atoms with Gasteiger partial charge in [0.05, 0.1) is 29.0 Å². The summed E-state index contributed by atoms with van der Waals surface area (Å²) in [5.74, 6) is 1.95. The van der Waals surface area contributed by atoms with E-state index in [9.17, 15) is 4.79 Å². The first-order valence-electron chi connectivity index (χ1n) is 10.5. The summed E-state index contributed by atoms with van der Waals surface area (Å²) in [5, 5.41) is 3.31. The van der Waals surface area contributed by atoms with Crippen LogP contribution in [0.3, 0.4) is 0 Å². The molecule has 4 rings (SSSR count). The van der Waals surface area contributed by atoms with Crippen molar-refractivity contribution in [2.24, 2.45) is 7.05 Å². The van der Waals surface area contributed by atoms with Crippen molar-refractivity contribution in [3.05, 3.63) is 54.6 Å². The number of aryl methyl sites for hydroxylation is 1. The highest BCUT2D eigenvalue weighted by atomic mass is 32.2. The number of benzene rings is 1. The summed E-state index contributed by atoms with van der Waals surface area (Å²) in [6.45, 7) is 1.37. The first-order valence-corrected chi connectivity index (χ1v) is 11.9. The first-order chi connectivity index (χ1) is 14.6. The van der Waals surface area contributed by atoms with Crippen LogP contribution in [0, 0.1) is 0 Å². The monoisotopic (exact) mass is 426 g/mol. The lowest BCUT2D eigenvalue weighted by atomic mass is 9.85. The maximum Gasteiger partial charge on any atom is 0.222 e. The average molecular weight is 427 g/mol. The maximum atomic E-state index is 13.3. The predicted octanol–water partition coefficient (Wildman–Crippen LogP) is 3.88. The summed E-state index contributed by atoms with van der Waals surface area (Å²) in [6.07, 6.45) is 9.21. The SMILES string of the molecule is CSCC[C@H](NC(=O)CC1(n2cccc2)CCOCC1)c1nc2ccccc2n1C. The highest BCUT2D eigenvalue weighted by Crippen LogP contribution is 2.33. The molecule has 1 saturated heterocycles. The molecule has 0 unspecified atom stereocenters. The molecule has 1 aromatic carbocycles. The number of amides is 1. The topological polar surface area (TPSA) is 61.1 Å². The number of hydrogen-bond donors (Lipinski definition) is 1. The molecule has 1 N–H and O–H groups in total. The van der Waals surface area contributed by atoms with E-state index in [1.54, 1.807) is 11.8 Å². The van der Waals surface area contributed by atoms with Gasteiger partial charge in [-0.2, -0.15) is 11.8 Å². The molecular formula is C23H30N4O2S. The maximum absolute atomic E-state index is 13.3. The Morgan fingerprint density at radius 3 is 2.67 bits per heavy atom. The number of imidazole rings is 1. The Morgan fingerprint density at radius 2 is 1.97 bits per heavy atom. The van der Waals surface area contributed by atoms with Gasteiger partial charge in [-0.3, -0.25) is 4.79 Å². The molecule has 1 aliphatic heterocycles.